The van der Waals surface area contributed by atoms with Crippen LogP contribution in [0, 0.1) is 0 Å². The van der Waals surface area contributed by atoms with Gasteiger partial charge in [0.05, 0.1) is 11.0 Å². The number of aryl methyl sites for hydroxylation is 2. The highest BCUT2D eigenvalue weighted by Crippen LogP contribution is 2.19. The molecule has 0 unspecified atom stereocenters. The van der Waals surface area contributed by atoms with Crippen LogP contribution in [0.2, 0.25) is 0 Å². The molecule has 0 aliphatic rings. The van der Waals surface area contributed by atoms with E-state index in [1.54, 1.807) is 0 Å². The third-order valence-corrected chi connectivity index (χ3v) is 7.98. The summed E-state index contributed by atoms with van der Waals surface area (Å²) in [6.45, 7) is 3.98. The molecule has 0 saturated carbocycles. The Hall–Kier alpha value is -2.82. The van der Waals surface area contributed by atoms with Crippen LogP contribution in [0.1, 0.15) is 122 Å². The van der Waals surface area contributed by atoms with Crippen LogP contribution in [-0.4, -0.2) is 28.6 Å². The Balaban J connectivity index is 1.24. The third kappa shape index (κ3) is 13.6. The number of carbonyl (C=O) groups is 1. The maximum Gasteiger partial charge on any atom is 0.257 e. The molecule has 1 aromatic heterocycles. The first kappa shape index (κ1) is 32.7. The first-order valence-corrected chi connectivity index (χ1v) is 16.7. The van der Waals surface area contributed by atoms with Crippen molar-refractivity contribution >= 4 is 16.9 Å². The minimum atomic E-state index is -0.0875. The molecule has 2 aromatic carbocycles. The molecule has 0 aliphatic carbocycles. The average Bonchev–Trinajstić information content (AvgIpc) is 3.35. The van der Waals surface area contributed by atoms with E-state index in [0.29, 0.717) is 12.3 Å². The van der Waals surface area contributed by atoms with Gasteiger partial charge >= 0.3 is 0 Å². The van der Waals surface area contributed by atoms with E-state index >= 15 is 0 Å². The predicted molar refractivity (Wildman–Crippen MR) is 173 cm³/mol. The van der Waals surface area contributed by atoms with Gasteiger partial charge in [-0.05, 0) is 37.1 Å². The molecule has 5 nitrogen and oxygen atoms in total. The molecular formula is C36H55N3O2. The van der Waals surface area contributed by atoms with Crippen LogP contribution >= 0.6 is 0 Å². The number of nitrogens with one attached hydrogen (secondary N) is 1. The highest BCUT2D eigenvalue weighted by atomic mass is 16.5. The highest BCUT2D eigenvalue weighted by molar-refractivity contribution is 5.77. The molecule has 0 saturated heterocycles. The lowest BCUT2D eigenvalue weighted by molar-refractivity contribution is -0.123. The van der Waals surface area contributed by atoms with E-state index in [0.717, 1.165) is 30.7 Å². The average molecular weight is 562 g/mol. The van der Waals surface area contributed by atoms with Gasteiger partial charge in [0.2, 0.25) is 0 Å². The number of para-hydroxylation sites is 3. The number of rotatable bonds is 24. The summed E-state index contributed by atoms with van der Waals surface area (Å²) in [6, 6.07) is 17.9. The molecule has 1 N–H and O–H groups in total. The molecule has 5 heteroatoms. The van der Waals surface area contributed by atoms with Gasteiger partial charge in [0.15, 0.2) is 6.61 Å². The molecule has 3 aromatic rings. The second-order valence-electron chi connectivity index (χ2n) is 11.5. The Morgan fingerprint density at radius 1 is 0.707 bits per heavy atom. The van der Waals surface area contributed by atoms with E-state index < -0.39 is 0 Å². The number of unbranched alkanes of at least 4 members (excludes halogenated alkanes) is 15. The molecule has 0 radical (unpaired) electrons. The molecule has 0 bridgehead atoms. The van der Waals surface area contributed by atoms with Crippen molar-refractivity contribution in [2.24, 2.45) is 0 Å². The summed E-state index contributed by atoms with van der Waals surface area (Å²) >= 11 is 0. The maximum absolute atomic E-state index is 12.2. The smallest absolute Gasteiger partial charge is 0.257 e. The molecule has 0 aliphatic heterocycles. The molecule has 1 heterocycles. The number of fused-ring (bicyclic) bond motifs is 1. The summed E-state index contributed by atoms with van der Waals surface area (Å²) in [7, 11) is 0. The van der Waals surface area contributed by atoms with E-state index in [1.165, 1.54) is 108 Å². The highest BCUT2D eigenvalue weighted by Gasteiger charge is 2.10. The Bertz CT molecular complexity index is 1080. The lowest BCUT2D eigenvalue weighted by Crippen LogP contribution is -2.30. The molecular weight excluding hydrogens is 506 g/mol. The van der Waals surface area contributed by atoms with Crippen LogP contribution in [0.25, 0.3) is 11.0 Å². The number of carbonyl (C=O) groups excluding carboxylic acids is 1. The molecule has 226 valence electrons. The lowest BCUT2D eigenvalue weighted by Gasteiger charge is -2.10. The summed E-state index contributed by atoms with van der Waals surface area (Å²) in [5.41, 5.74) is 2.29. The molecule has 3 rings (SSSR count). The number of ether oxygens (including phenoxy) is 1. The largest absolute Gasteiger partial charge is 0.484 e. The first-order valence-electron chi connectivity index (χ1n) is 16.7. The molecule has 41 heavy (non-hydrogen) atoms. The van der Waals surface area contributed by atoms with E-state index in [2.05, 4.69) is 41.1 Å². The SMILES string of the molecule is CCCCCCCCCCCCCCCCCCn1c(CCCNC(=O)COc2ccccc2)nc2ccccc21. The summed E-state index contributed by atoms with van der Waals surface area (Å²) < 4.78 is 7.94. The zero-order valence-corrected chi connectivity index (χ0v) is 25.8. The van der Waals surface area contributed by atoms with Gasteiger partial charge in [-0.3, -0.25) is 4.79 Å². The van der Waals surface area contributed by atoms with Gasteiger partial charge in [-0.2, -0.15) is 0 Å². The van der Waals surface area contributed by atoms with Gasteiger partial charge in [0.25, 0.3) is 5.91 Å². The van der Waals surface area contributed by atoms with Gasteiger partial charge < -0.3 is 14.6 Å². The number of hydrogen-bond acceptors (Lipinski definition) is 3. The van der Waals surface area contributed by atoms with Crippen molar-refractivity contribution in [3.05, 3.63) is 60.4 Å². The Morgan fingerprint density at radius 3 is 1.90 bits per heavy atom. The van der Waals surface area contributed by atoms with Crippen LogP contribution in [0.4, 0.5) is 0 Å². The Morgan fingerprint density at radius 2 is 1.27 bits per heavy atom. The monoisotopic (exact) mass is 561 g/mol. The van der Waals surface area contributed by atoms with E-state index in [9.17, 15) is 4.79 Å². The predicted octanol–water partition coefficient (Wildman–Crippen LogP) is 9.43. The third-order valence-electron chi connectivity index (χ3n) is 7.98. The van der Waals surface area contributed by atoms with Crippen molar-refractivity contribution < 1.29 is 9.53 Å². The van der Waals surface area contributed by atoms with Crippen LogP contribution in [0.15, 0.2) is 54.6 Å². The fourth-order valence-corrected chi connectivity index (χ4v) is 5.57. The van der Waals surface area contributed by atoms with Crippen molar-refractivity contribution in [1.82, 2.24) is 14.9 Å². The first-order chi connectivity index (χ1) is 20.3. The lowest BCUT2D eigenvalue weighted by atomic mass is 10.0. The quantitative estimate of drug-likeness (QED) is 0.111. The number of amides is 1. The van der Waals surface area contributed by atoms with Gasteiger partial charge in [-0.1, -0.05) is 134 Å². The second kappa shape index (κ2) is 21.0. The molecule has 0 fully saturated rings. The minimum Gasteiger partial charge on any atom is -0.484 e. The van der Waals surface area contributed by atoms with Crippen LogP contribution < -0.4 is 10.1 Å². The fraction of sp³-hybridized carbons (Fsp3) is 0.611. The molecule has 0 spiro atoms. The maximum atomic E-state index is 12.2. The number of imidazole rings is 1. The van der Waals surface area contributed by atoms with Crippen molar-refractivity contribution in [1.29, 1.82) is 0 Å². The fourth-order valence-electron chi connectivity index (χ4n) is 5.57. The molecule has 1 amide bonds. The minimum absolute atomic E-state index is 0.0434. The van der Waals surface area contributed by atoms with Crippen molar-refractivity contribution in [2.45, 2.75) is 129 Å². The summed E-state index contributed by atoms with van der Waals surface area (Å²) in [5, 5.41) is 2.98. The normalized spacial score (nSPS) is 11.2. The summed E-state index contributed by atoms with van der Waals surface area (Å²) in [5.74, 6) is 1.75. The number of benzene rings is 2. The number of aromatic nitrogens is 2. The Labute approximate surface area is 249 Å². The van der Waals surface area contributed by atoms with Crippen LogP contribution in [0.5, 0.6) is 5.75 Å². The van der Waals surface area contributed by atoms with Crippen molar-refractivity contribution in [3.63, 3.8) is 0 Å². The van der Waals surface area contributed by atoms with Gasteiger partial charge in [-0.25, -0.2) is 4.98 Å². The van der Waals surface area contributed by atoms with Crippen LogP contribution in [-0.2, 0) is 17.8 Å². The van der Waals surface area contributed by atoms with E-state index in [1.807, 2.05) is 30.3 Å². The molecule has 0 atom stereocenters. The van der Waals surface area contributed by atoms with E-state index in [-0.39, 0.29) is 12.5 Å². The zero-order chi connectivity index (χ0) is 28.8. The van der Waals surface area contributed by atoms with Crippen LogP contribution in [0.3, 0.4) is 0 Å². The van der Waals surface area contributed by atoms with Crippen molar-refractivity contribution in [3.8, 4) is 5.75 Å². The standard InChI is InChI=1S/C36H55N3O2/c1-2-3-4-5-6-7-8-9-10-11-12-13-14-15-16-22-30-39-34-27-21-20-26-33(34)38-35(39)28-23-29-37-36(40)31-41-32-24-18-17-19-25-32/h17-21,24-27H,2-16,22-23,28-31H2,1H3,(H,37,40). The number of hydrogen-bond donors (Lipinski definition) is 1. The Kier molecular flexibility index (Phi) is 16.7. The summed E-state index contributed by atoms with van der Waals surface area (Å²) in [6.07, 6.45) is 23.9. The summed E-state index contributed by atoms with van der Waals surface area (Å²) in [4.78, 5) is 17.1. The van der Waals surface area contributed by atoms with Gasteiger partial charge in [0, 0.05) is 19.5 Å². The zero-order valence-electron chi connectivity index (χ0n) is 25.8. The van der Waals surface area contributed by atoms with E-state index in [4.69, 9.17) is 9.72 Å². The van der Waals surface area contributed by atoms with Gasteiger partial charge in [0.1, 0.15) is 11.6 Å². The van der Waals surface area contributed by atoms with Crippen molar-refractivity contribution in [2.75, 3.05) is 13.2 Å². The second-order valence-corrected chi connectivity index (χ2v) is 11.5. The number of nitrogens with zero attached hydrogens (tertiary/aromatic N) is 2. The topological polar surface area (TPSA) is 56.2 Å². The van der Waals surface area contributed by atoms with Gasteiger partial charge in [-0.15, -0.1) is 0 Å².